The molecule has 4 N–H and O–H groups in total. The summed E-state index contributed by atoms with van der Waals surface area (Å²) in [5, 5.41) is 6.35. The van der Waals surface area contributed by atoms with E-state index in [1.807, 2.05) is 73.2 Å². The van der Waals surface area contributed by atoms with Crippen LogP contribution in [0.3, 0.4) is 0 Å². The molecule has 0 saturated heterocycles. The van der Waals surface area contributed by atoms with Gasteiger partial charge in [0.2, 0.25) is 0 Å². The van der Waals surface area contributed by atoms with Crippen LogP contribution in [-0.4, -0.2) is 35.1 Å². The molecule has 0 spiro atoms. The molecular formula is C30H28N9O2+. The summed E-state index contributed by atoms with van der Waals surface area (Å²) in [6.07, 6.45) is 8.91. The Kier molecular flexibility index (Phi) is 6.38. The van der Waals surface area contributed by atoms with E-state index in [1.54, 1.807) is 46.7 Å². The van der Waals surface area contributed by atoms with Crippen LogP contribution in [-0.2, 0) is 7.05 Å². The zero-order valence-corrected chi connectivity index (χ0v) is 22.7. The van der Waals surface area contributed by atoms with Crippen molar-refractivity contribution in [2.45, 2.75) is 19.9 Å². The maximum absolute atomic E-state index is 14.2. The van der Waals surface area contributed by atoms with Gasteiger partial charge in [-0.3, -0.25) is 14.2 Å². The van der Waals surface area contributed by atoms with Crippen molar-refractivity contribution in [3.63, 3.8) is 0 Å². The van der Waals surface area contributed by atoms with Crippen LogP contribution in [0.5, 0.6) is 0 Å². The number of fused-ring (bicyclic) bond motifs is 2. The SMILES string of the molecule is Cc1ncc(C=Cc2cccc3nc(C(C)NC(=O)c4c(N)[nH][n+]5cccnc45)n(-c4ccccc4)c(=O)c23)n1C. The quantitative estimate of drug-likeness (QED) is 0.274. The van der Waals surface area contributed by atoms with Crippen molar-refractivity contribution in [2.75, 3.05) is 5.73 Å². The number of aromatic amines is 1. The zero-order valence-electron chi connectivity index (χ0n) is 22.7. The number of H-pyrrole nitrogens is 1. The topological polar surface area (TPSA) is 141 Å². The van der Waals surface area contributed by atoms with Gasteiger partial charge >= 0.3 is 5.65 Å². The number of hydrogen-bond acceptors (Lipinski definition) is 6. The Bertz CT molecular complexity index is 2020. The summed E-state index contributed by atoms with van der Waals surface area (Å²) >= 11 is 0. The number of hydrogen-bond donors (Lipinski definition) is 3. The van der Waals surface area contributed by atoms with Gasteiger partial charge in [-0.25, -0.2) is 15.1 Å². The van der Waals surface area contributed by atoms with Crippen LogP contribution in [0.4, 0.5) is 5.82 Å². The van der Waals surface area contributed by atoms with Crippen molar-refractivity contribution in [2.24, 2.45) is 7.05 Å². The molecule has 0 aliphatic rings. The predicted octanol–water partition coefficient (Wildman–Crippen LogP) is 3.13. The van der Waals surface area contributed by atoms with Gasteiger partial charge in [-0.1, -0.05) is 36.4 Å². The Morgan fingerprint density at radius 2 is 1.90 bits per heavy atom. The number of anilines is 1. The number of imidazole rings is 1. The summed E-state index contributed by atoms with van der Waals surface area (Å²) in [6.45, 7) is 3.71. The van der Waals surface area contributed by atoms with E-state index in [0.717, 1.165) is 17.1 Å². The molecule has 4 heterocycles. The van der Waals surface area contributed by atoms with Crippen molar-refractivity contribution in [1.29, 1.82) is 0 Å². The number of nitrogens with zero attached hydrogens (tertiary/aromatic N) is 6. The van der Waals surface area contributed by atoms with Crippen molar-refractivity contribution >= 4 is 40.4 Å². The first kappa shape index (κ1) is 25.7. The fourth-order valence-electron chi connectivity index (χ4n) is 4.89. The smallest absolute Gasteiger partial charge is 0.362 e. The fourth-order valence-corrected chi connectivity index (χ4v) is 4.89. The molecule has 6 aromatic rings. The zero-order chi connectivity index (χ0) is 28.7. The van der Waals surface area contributed by atoms with Crippen molar-refractivity contribution in [3.8, 4) is 5.69 Å². The number of amides is 1. The van der Waals surface area contributed by atoms with Gasteiger partial charge in [-0.2, -0.15) is 0 Å². The van der Waals surface area contributed by atoms with Crippen LogP contribution in [0.15, 0.2) is 78.0 Å². The van der Waals surface area contributed by atoms with E-state index in [4.69, 9.17) is 10.7 Å². The van der Waals surface area contributed by atoms with Gasteiger partial charge in [-0.05, 0) is 48.7 Å². The van der Waals surface area contributed by atoms with Crippen LogP contribution in [0.25, 0.3) is 34.4 Å². The number of aromatic nitrogens is 7. The Hall–Kier alpha value is -5.58. The number of nitrogens with one attached hydrogen (secondary N) is 2. The molecule has 0 fully saturated rings. The first-order valence-electron chi connectivity index (χ1n) is 13.1. The summed E-state index contributed by atoms with van der Waals surface area (Å²) < 4.78 is 5.09. The second kappa shape index (κ2) is 10.2. The van der Waals surface area contributed by atoms with Crippen LogP contribution in [0, 0.1) is 6.92 Å². The molecule has 11 nitrogen and oxygen atoms in total. The van der Waals surface area contributed by atoms with E-state index < -0.39 is 11.9 Å². The number of aryl methyl sites for hydroxylation is 1. The summed E-state index contributed by atoms with van der Waals surface area (Å²) in [7, 11) is 1.94. The van der Waals surface area contributed by atoms with E-state index in [2.05, 4.69) is 20.4 Å². The monoisotopic (exact) mass is 546 g/mol. The highest BCUT2D eigenvalue weighted by Crippen LogP contribution is 2.23. The van der Waals surface area contributed by atoms with E-state index in [0.29, 0.717) is 28.1 Å². The predicted molar refractivity (Wildman–Crippen MR) is 156 cm³/mol. The van der Waals surface area contributed by atoms with Crippen LogP contribution >= 0.6 is 0 Å². The molecule has 1 atom stereocenters. The number of carbonyl (C=O) groups is 1. The van der Waals surface area contributed by atoms with E-state index in [-0.39, 0.29) is 16.9 Å². The van der Waals surface area contributed by atoms with Gasteiger partial charge < -0.3 is 15.6 Å². The van der Waals surface area contributed by atoms with Crippen LogP contribution in [0.1, 0.15) is 46.2 Å². The van der Waals surface area contributed by atoms with E-state index in [1.165, 1.54) is 0 Å². The maximum Gasteiger partial charge on any atom is 0.362 e. The lowest BCUT2D eigenvalue weighted by Gasteiger charge is -2.20. The van der Waals surface area contributed by atoms with Crippen LogP contribution in [0.2, 0.25) is 0 Å². The van der Waals surface area contributed by atoms with Crippen molar-refractivity contribution in [1.82, 2.24) is 34.5 Å². The standard InChI is InChI=1S/C30H27N9O2/c1-18(34-29(40)25-26(31)36-38-16-8-15-32-28(25)38)27-35-23-12-7-9-20(13-14-22-17-33-19(2)37(22)3)24(23)30(41)39(27)21-10-5-4-6-11-21/h4-18H,1-3H3,(H3,31,34,36,40)/p+1. The first-order valence-corrected chi connectivity index (χ1v) is 13.1. The molecule has 41 heavy (non-hydrogen) atoms. The van der Waals surface area contributed by atoms with Crippen molar-refractivity contribution < 1.29 is 9.31 Å². The number of nitrogens with two attached hydrogens (primary N) is 1. The highest BCUT2D eigenvalue weighted by molar-refractivity contribution is 6.03. The average molecular weight is 547 g/mol. The summed E-state index contributed by atoms with van der Waals surface area (Å²) in [5.41, 5.74) is 9.27. The normalized spacial score (nSPS) is 12.4. The number of nitrogen functional groups attached to an aromatic ring is 1. The molecule has 0 bridgehead atoms. The third-order valence-corrected chi connectivity index (χ3v) is 7.10. The largest absolute Gasteiger partial charge is 0.382 e. The fraction of sp³-hybridized carbons (Fsp3) is 0.133. The number of benzene rings is 2. The third-order valence-electron chi connectivity index (χ3n) is 7.10. The highest BCUT2D eigenvalue weighted by atomic mass is 16.2. The molecule has 0 aliphatic heterocycles. The Labute approximate surface area is 234 Å². The van der Waals surface area contributed by atoms with Crippen molar-refractivity contribution in [3.05, 3.63) is 112 Å². The molecule has 4 aromatic heterocycles. The molecule has 0 radical (unpaired) electrons. The summed E-state index contributed by atoms with van der Waals surface area (Å²) in [5.74, 6) is 1.01. The van der Waals surface area contributed by atoms with Crippen LogP contribution < -0.4 is 21.1 Å². The summed E-state index contributed by atoms with van der Waals surface area (Å²) in [6, 6.07) is 15.9. The minimum Gasteiger partial charge on any atom is -0.382 e. The molecule has 204 valence electrons. The van der Waals surface area contributed by atoms with Gasteiger partial charge in [-0.15, -0.1) is 4.52 Å². The minimum absolute atomic E-state index is 0.181. The van der Waals surface area contributed by atoms with E-state index in [9.17, 15) is 9.59 Å². The summed E-state index contributed by atoms with van der Waals surface area (Å²) in [4.78, 5) is 41.2. The van der Waals surface area contributed by atoms with Gasteiger partial charge in [0.05, 0.1) is 34.5 Å². The lowest BCUT2D eigenvalue weighted by atomic mass is 10.1. The Morgan fingerprint density at radius 1 is 1.10 bits per heavy atom. The molecule has 0 aliphatic carbocycles. The molecule has 2 aromatic carbocycles. The Balaban J connectivity index is 1.47. The van der Waals surface area contributed by atoms with E-state index >= 15 is 0 Å². The lowest BCUT2D eigenvalue weighted by Crippen LogP contribution is -2.34. The van der Waals surface area contributed by atoms with Gasteiger partial charge in [0.1, 0.15) is 24.0 Å². The number of carbonyl (C=O) groups excluding carboxylic acids is 1. The van der Waals surface area contributed by atoms with Gasteiger partial charge in [0.25, 0.3) is 11.5 Å². The second-order valence-corrected chi connectivity index (χ2v) is 9.72. The second-order valence-electron chi connectivity index (χ2n) is 9.72. The molecule has 6 rings (SSSR count). The van der Waals surface area contributed by atoms with Gasteiger partial charge in [0.15, 0.2) is 11.4 Å². The minimum atomic E-state index is -0.658. The Morgan fingerprint density at radius 3 is 2.66 bits per heavy atom. The maximum atomic E-state index is 14.2. The lowest BCUT2D eigenvalue weighted by molar-refractivity contribution is -0.577. The highest BCUT2D eigenvalue weighted by Gasteiger charge is 2.27. The average Bonchev–Trinajstić information content (AvgIpc) is 3.49. The third kappa shape index (κ3) is 4.52. The molecule has 11 heteroatoms. The molecule has 1 amide bonds. The first-order chi connectivity index (χ1) is 19.8. The molecule has 1 unspecified atom stereocenters. The molecule has 0 saturated carbocycles. The number of para-hydroxylation sites is 1. The molecular weight excluding hydrogens is 518 g/mol. The number of rotatable bonds is 6. The van der Waals surface area contributed by atoms with Gasteiger partial charge in [0, 0.05) is 13.1 Å².